The number of thioether (sulfide) groups is 1. The molecule has 0 radical (unpaired) electrons. The predicted molar refractivity (Wildman–Crippen MR) is 79.1 cm³/mol. The van der Waals surface area contributed by atoms with Crippen LogP contribution in [0.2, 0.25) is 0 Å². The van der Waals surface area contributed by atoms with Crippen molar-refractivity contribution >= 4 is 23.6 Å². The summed E-state index contributed by atoms with van der Waals surface area (Å²) < 4.78 is 0. The molecule has 2 atom stereocenters. The third-order valence-corrected chi connectivity index (χ3v) is 4.84. The maximum absolute atomic E-state index is 12.3. The van der Waals surface area contributed by atoms with Gasteiger partial charge >= 0.3 is 0 Å². The molecule has 1 heterocycles. The minimum absolute atomic E-state index is 0.00158. The smallest absolute Gasteiger partial charge is 0.233 e. The third-order valence-electron chi connectivity index (χ3n) is 4.10. The van der Waals surface area contributed by atoms with E-state index in [9.17, 15) is 9.59 Å². The van der Waals surface area contributed by atoms with E-state index in [-0.39, 0.29) is 23.7 Å². The van der Waals surface area contributed by atoms with Gasteiger partial charge in [0.25, 0.3) is 0 Å². The molecule has 0 unspecified atom stereocenters. The van der Waals surface area contributed by atoms with Crippen LogP contribution >= 0.6 is 11.8 Å². The first-order valence-electron chi connectivity index (χ1n) is 6.84. The van der Waals surface area contributed by atoms with E-state index in [1.807, 2.05) is 42.7 Å². The Hall–Kier alpha value is -1.55. The number of nitrogens with zero attached hydrogens (tertiary/aromatic N) is 1. The Kier molecular flexibility index (Phi) is 3.66. The first-order valence-corrected chi connectivity index (χ1v) is 8.06. The van der Waals surface area contributed by atoms with Gasteiger partial charge in [0.1, 0.15) is 0 Å². The number of hydrogen-bond acceptors (Lipinski definition) is 3. The Morgan fingerprint density at radius 1 is 1.05 bits per heavy atom. The lowest BCUT2D eigenvalue weighted by molar-refractivity contribution is -0.140. The number of carbonyl (C=O) groups is 2. The van der Waals surface area contributed by atoms with Crippen molar-refractivity contribution in [3.63, 3.8) is 0 Å². The molecule has 1 saturated heterocycles. The van der Waals surface area contributed by atoms with Crippen molar-refractivity contribution in [3.05, 3.63) is 42.0 Å². The molecule has 1 aliphatic carbocycles. The average Bonchev–Trinajstić information content (AvgIpc) is 2.74. The second-order valence-electron chi connectivity index (χ2n) is 5.27. The summed E-state index contributed by atoms with van der Waals surface area (Å²) in [5.74, 6) is -0.257. The van der Waals surface area contributed by atoms with Gasteiger partial charge in [0.2, 0.25) is 11.8 Å². The van der Waals surface area contributed by atoms with Crippen LogP contribution in [0.15, 0.2) is 41.3 Å². The molecule has 4 heteroatoms. The highest BCUT2D eigenvalue weighted by Crippen LogP contribution is 2.35. The van der Waals surface area contributed by atoms with Crippen molar-refractivity contribution in [3.8, 4) is 0 Å². The van der Waals surface area contributed by atoms with Crippen molar-refractivity contribution in [1.29, 1.82) is 0 Å². The number of likely N-dealkylation sites (tertiary alicyclic amines) is 1. The number of carbonyl (C=O) groups excluding carboxylic acids is 2. The Morgan fingerprint density at radius 3 is 2.10 bits per heavy atom. The fourth-order valence-corrected chi connectivity index (χ4v) is 3.35. The summed E-state index contributed by atoms with van der Waals surface area (Å²) in [6.45, 7) is 0.402. The fraction of sp³-hybridized carbons (Fsp3) is 0.375. The zero-order chi connectivity index (χ0) is 14.1. The van der Waals surface area contributed by atoms with Gasteiger partial charge in [0, 0.05) is 4.90 Å². The van der Waals surface area contributed by atoms with Gasteiger partial charge in [-0.2, -0.15) is 0 Å². The number of amides is 2. The Morgan fingerprint density at radius 2 is 1.60 bits per heavy atom. The van der Waals surface area contributed by atoms with Crippen LogP contribution in [-0.4, -0.2) is 23.0 Å². The van der Waals surface area contributed by atoms with Crippen LogP contribution in [0.1, 0.15) is 18.4 Å². The molecule has 3 nitrogen and oxygen atoms in total. The van der Waals surface area contributed by atoms with Gasteiger partial charge in [0.05, 0.1) is 18.4 Å². The molecular weight excluding hydrogens is 270 g/mol. The minimum Gasteiger partial charge on any atom is -0.278 e. The summed E-state index contributed by atoms with van der Waals surface area (Å²) in [5, 5.41) is 0. The van der Waals surface area contributed by atoms with E-state index in [1.165, 1.54) is 9.80 Å². The lowest BCUT2D eigenvalue weighted by atomic mass is 9.85. The maximum Gasteiger partial charge on any atom is 0.233 e. The maximum atomic E-state index is 12.3. The first-order chi connectivity index (χ1) is 9.70. The second-order valence-corrected chi connectivity index (χ2v) is 6.15. The Balaban J connectivity index is 1.77. The normalized spacial score (nSPS) is 25.1. The third kappa shape index (κ3) is 2.29. The Labute approximate surface area is 123 Å². The molecule has 20 heavy (non-hydrogen) atoms. The molecule has 0 saturated carbocycles. The van der Waals surface area contributed by atoms with Gasteiger partial charge < -0.3 is 0 Å². The van der Waals surface area contributed by atoms with E-state index in [2.05, 4.69) is 0 Å². The molecule has 1 aliphatic heterocycles. The lowest BCUT2D eigenvalue weighted by Gasteiger charge is -2.14. The molecule has 0 aromatic heterocycles. The number of allylic oxidation sites excluding steroid dienone is 2. The lowest BCUT2D eigenvalue weighted by Crippen LogP contribution is -2.30. The van der Waals surface area contributed by atoms with Crippen LogP contribution in [0, 0.1) is 11.8 Å². The summed E-state index contributed by atoms with van der Waals surface area (Å²) in [6.07, 6.45) is 7.47. The number of fused-ring (bicyclic) bond motifs is 1. The average molecular weight is 287 g/mol. The van der Waals surface area contributed by atoms with E-state index in [0.717, 1.165) is 5.56 Å². The van der Waals surface area contributed by atoms with Crippen LogP contribution < -0.4 is 0 Å². The molecule has 3 rings (SSSR count). The van der Waals surface area contributed by atoms with Crippen molar-refractivity contribution in [2.45, 2.75) is 24.3 Å². The molecular formula is C16H17NO2S. The van der Waals surface area contributed by atoms with Gasteiger partial charge in [-0.1, -0.05) is 24.3 Å². The quantitative estimate of drug-likeness (QED) is 0.487. The summed E-state index contributed by atoms with van der Waals surface area (Å²) >= 11 is 1.68. The van der Waals surface area contributed by atoms with Crippen LogP contribution in [0.5, 0.6) is 0 Å². The SMILES string of the molecule is CSc1ccc(CN2C(=O)[C@@H]3CC=CC[C@H]3C2=O)cc1. The topological polar surface area (TPSA) is 37.4 Å². The van der Waals surface area contributed by atoms with Gasteiger partial charge in [-0.3, -0.25) is 14.5 Å². The molecule has 0 bridgehead atoms. The van der Waals surface area contributed by atoms with Crippen molar-refractivity contribution in [2.75, 3.05) is 6.26 Å². The van der Waals surface area contributed by atoms with Crippen LogP contribution in [0.3, 0.4) is 0 Å². The van der Waals surface area contributed by atoms with Crippen LogP contribution in [0.25, 0.3) is 0 Å². The fourth-order valence-electron chi connectivity index (χ4n) is 2.94. The molecule has 104 valence electrons. The van der Waals surface area contributed by atoms with E-state index in [1.54, 1.807) is 11.8 Å². The van der Waals surface area contributed by atoms with Crippen molar-refractivity contribution in [1.82, 2.24) is 4.90 Å². The van der Waals surface area contributed by atoms with E-state index < -0.39 is 0 Å². The zero-order valence-electron chi connectivity index (χ0n) is 11.4. The van der Waals surface area contributed by atoms with Gasteiger partial charge in [0.15, 0.2) is 0 Å². The molecule has 2 aliphatic rings. The molecule has 0 spiro atoms. The molecule has 1 aromatic carbocycles. The van der Waals surface area contributed by atoms with Crippen molar-refractivity contribution in [2.24, 2.45) is 11.8 Å². The van der Waals surface area contributed by atoms with E-state index in [4.69, 9.17) is 0 Å². The largest absolute Gasteiger partial charge is 0.278 e. The molecule has 1 fully saturated rings. The standard InChI is InChI=1S/C16H17NO2S/c1-20-12-8-6-11(7-9-12)10-17-15(18)13-4-2-3-5-14(13)16(17)19/h2-3,6-9,13-14H,4-5,10H2,1H3/t13-,14-/m1/s1. The number of rotatable bonds is 3. The zero-order valence-corrected chi connectivity index (χ0v) is 12.2. The second kappa shape index (κ2) is 5.44. The summed E-state index contributed by atoms with van der Waals surface area (Å²) in [6, 6.07) is 8.04. The van der Waals surface area contributed by atoms with E-state index >= 15 is 0 Å². The number of hydrogen-bond donors (Lipinski definition) is 0. The van der Waals surface area contributed by atoms with E-state index in [0.29, 0.717) is 19.4 Å². The van der Waals surface area contributed by atoms with Gasteiger partial charge in [-0.25, -0.2) is 0 Å². The monoisotopic (exact) mass is 287 g/mol. The summed E-state index contributed by atoms with van der Waals surface area (Å²) in [5.41, 5.74) is 1.01. The highest BCUT2D eigenvalue weighted by Gasteiger charge is 2.46. The van der Waals surface area contributed by atoms with Gasteiger partial charge in [-0.05, 0) is 36.8 Å². The molecule has 0 N–H and O–H groups in total. The van der Waals surface area contributed by atoms with Crippen LogP contribution in [-0.2, 0) is 16.1 Å². The van der Waals surface area contributed by atoms with Crippen LogP contribution in [0.4, 0.5) is 0 Å². The van der Waals surface area contributed by atoms with Crippen molar-refractivity contribution < 1.29 is 9.59 Å². The highest BCUT2D eigenvalue weighted by molar-refractivity contribution is 7.98. The molecule has 2 amide bonds. The number of benzene rings is 1. The van der Waals surface area contributed by atoms with Gasteiger partial charge in [-0.15, -0.1) is 11.8 Å². The minimum atomic E-state index is -0.127. The highest BCUT2D eigenvalue weighted by atomic mass is 32.2. The summed E-state index contributed by atoms with van der Waals surface area (Å²) in [4.78, 5) is 27.3. The molecule has 1 aromatic rings. The number of imide groups is 1. The summed E-state index contributed by atoms with van der Waals surface area (Å²) in [7, 11) is 0. The Bertz CT molecular complexity index is 538. The predicted octanol–water partition coefficient (Wildman–Crippen LogP) is 2.86. The first kappa shape index (κ1) is 13.4.